The fourth-order valence-corrected chi connectivity index (χ4v) is 6.96. The second kappa shape index (κ2) is 10.4. The number of carbonyl (C=O) groups is 1. The van der Waals surface area contributed by atoms with E-state index in [0.717, 1.165) is 67.3 Å². The number of benzene rings is 1. The van der Waals surface area contributed by atoms with Crippen molar-refractivity contribution in [2.75, 3.05) is 44.2 Å². The van der Waals surface area contributed by atoms with Gasteiger partial charge in [-0.05, 0) is 104 Å². The van der Waals surface area contributed by atoms with E-state index >= 15 is 4.39 Å². The highest BCUT2D eigenvalue weighted by molar-refractivity contribution is 14.1. The van der Waals surface area contributed by atoms with Crippen LogP contribution in [-0.4, -0.2) is 82.9 Å². The summed E-state index contributed by atoms with van der Waals surface area (Å²) in [7, 11) is 0. The molecule has 2 aromatic rings. The average molecular weight is 716 g/mol. The van der Waals surface area contributed by atoms with Gasteiger partial charge in [0.1, 0.15) is 23.0 Å². The van der Waals surface area contributed by atoms with Crippen LogP contribution in [-0.2, 0) is 4.74 Å². The van der Waals surface area contributed by atoms with Crippen LogP contribution in [0.4, 0.5) is 15.0 Å². The minimum atomic E-state index is -0.493. The van der Waals surface area contributed by atoms with Crippen LogP contribution < -0.4 is 9.64 Å². The maximum atomic E-state index is 15.5. The molecule has 4 fully saturated rings. The van der Waals surface area contributed by atoms with E-state index in [9.17, 15) is 4.79 Å². The number of fused-ring (bicyclic) bond motifs is 1. The molecule has 1 aromatic carbocycles. The second-order valence-electron chi connectivity index (χ2n) is 12.6. The Labute approximate surface area is 251 Å². The first-order valence-corrected chi connectivity index (χ1v) is 15.9. The predicted octanol–water partition coefficient (Wildman–Crippen LogP) is 5.98. The van der Waals surface area contributed by atoms with Crippen molar-refractivity contribution >= 4 is 61.3 Å². The van der Waals surface area contributed by atoms with Crippen LogP contribution >= 0.6 is 38.5 Å². The minimum Gasteiger partial charge on any atom is -0.460 e. The lowest BCUT2D eigenvalue weighted by molar-refractivity contribution is -0.0434. The minimum absolute atomic E-state index is 0.0408. The summed E-state index contributed by atoms with van der Waals surface area (Å²) in [5, 5.41) is 0.705. The lowest BCUT2D eigenvalue weighted by Gasteiger charge is -2.53. The number of hydrogen-bond acceptors (Lipinski definition) is 7. The maximum Gasteiger partial charge on any atom is 0.410 e. The number of piperidine rings is 2. The third kappa shape index (κ3) is 5.82. The zero-order chi connectivity index (χ0) is 27.5. The highest BCUT2D eigenvalue weighted by Gasteiger charge is 2.48. The number of amides is 1. The number of anilines is 1. The Morgan fingerprint density at radius 2 is 1.77 bits per heavy atom. The maximum absolute atomic E-state index is 15.5. The Hall–Kier alpha value is -1.47. The van der Waals surface area contributed by atoms with Crippen molar-refractivity contribution in [1.29, 1.82) is 0 Å². The molecule has 0 bridgehead atoms. The van der Waals surface area contributed by atoms with Gasteiger partial charge in [-0.25, -0.2) is 9.18 Å². The highest BCUT2D eigenvalue weighted by Crippen LogP contribution is 2.43. The summed E-state index contributed by atoms with van der Waals surface area (Å²) >= 11 is 5.53. The van der Waals surface area contributed by atoms with Gasteiger partial charge in [0.25, 0.3) is 0 Å². The largest absolute Gasteiger partial charge is 0.460 e. The van der Waals surface area contributed by atoms with Gasteiger partial charge in [0.05, 0.1) is 4.47 Å². The molecule has 1 aliphatic carbocycles. The first-order chi connectivity index (χ1) is 18.5. The van der Waals surface area contributed by atoms with Gasteiger partial charge in [-0.1, -0.05) is 0 Å². The van der Waals surface area contributed by atoms with Crippen molar-refractivity contribution in [2.45, 2.75) is 77.0 Å². The summed E-state index contributed by atoms with van der Waals surface area (Å²) in [5.41, 5.74) is -0.0985. The van der Waals surface area contributed by atoms with Crippen LogP contribution in [0.2, 0.25) is 0 Å². The molecule has 1 spiro atoms. The molecule has 1 saturated carbocycles. The first kappa shape index (κ1) is 27.7. The average Bonchev–Trinajstić information content (AvgIpc) is 3.71. The van der Waals surface area contributed by atoms with Crippen molar-refractivity contribution in [3.05, 3.63) is 19.9 Å². The topological polar surface area (TPSA) is 71.0 Å². The van der Waals surface area contributed by atoms with E-state index in [1.54, 1.807) is 4.90 Å². The molecule has 8 nitrogen and oxygen atoms in total. The standard InChI is InChI=1S/C28H36BrFIN5O3/c1-27(2,3)39-26(37)36-15-28(16-36)8-12-35(13-9-28)24-19-14-20(31)21(29)22(30)23(19)32-25(33-24)38-18-6-10-34(11-7-18)17-4-5-17/h14,17-18H,4-13,15-16H2,1-3H3. The highest BCUT2D eigenvalue weighted by atomic mass is 127. The number of aromatic nitrogens is 2. The van der Waals surface area contributed by atoms with Crippen molar-refractivity contribution < 1.29 is 18.7 Å². The molecule has 0 unspecified atom stereocenters. The van der Waals surface area contributed by atoms with Crippen molar-refractivity contribution in [1.82, 2.24) is 19.8 Å². The summed E-state index contributed by atoms with van der Waals surface area (Å²) in [6, 6.07) is 2.97. The molecular weight excluding hydrogens is 680 g/mol. The number of rotatable bonds is 4. The fraction of sp³-hybridized carbons (Fsp3) is 0.679. The van der Waals surface area contributed by atoms with E-state index in [-0.39, 0.29) is 35.0 Å². The van der Waals surface area contributed by atoms with E-state index in [1.807, 2.05) is 26.8 Å². The van der Waals surface area contributed by atoms with E-state index in [1.165, 1.54) is 12.8 Å². The number of nitrogens with zero attached hydrogens (tertiary/aromatic N) is 5. The van der Waals surface area contributed by atoms with Crippen molar-refractivity contribution in [3.63, 3.8) is 0 Å². The quantitative estimate of drug-likeness (QED) is 0.285. The van der Waals surface area contributed by atoms with E-state index in [0.29, 0.717) is 22.9 Å². The van der Waals surface area contributed by atoms with E-state index in [4.69, 9.17) is 14.5 Å². The molecule has 1 amide bonds. The summed E-state index contributed by atoms with van der Waals surface area (Å²) in [4.78, 5) is 28.5. The fourth-order valence-electron chi connectivity index (χ4n) is 6.11. The molecule has 6 rings (SSSR count). The Bertz CT molecular complexity index is 1260. The van der Waals surface area contributed by atoms with Gasteiger partial charge in [0, 0.05) is 59.7 Å². The molecule has 3 aliphatic heterocycles. The molecule has 11 heteroatoms. The molecule has 39 heavy (non-hydrogen) atoms. The molecule has 4 heterocycles. The van der Waals surface area contributed by atoms with Gasteiger partial charge in [-0.2, -0.15) is 9.97 Å². The van der Waals surface area contributed by atoms with Crippen molar-refractivity contribution in [2.24, 2.45) is 5.41 Å². The van der Waals surface area contributed by atoms with Crippen LogP contribution in [0.15, 0.2) is 10.5 Å². The molecule has 212 valence electrons. The summed E-state index contributed by atoms with van der Waals surface area (Å²) < 4.78 is 28.5. The molecule has 4 aliphatic rings. The van der Waals surface area contributed by atoms with Gasteiger partial charge in [0.2, 0.25) is 0 Å². The number of hydrogen-bond donors (Lipinski definition) is 0. The van der Waals surface area contributed by atoms with Gasteiger partial charge < -0.3 is 24.2 Å². The molecule has 1 aromatic heterocycles. The molecular formula is C28H36BrFIN5O3. The first-order valence-electron chi connectivity index (χ1n) is 14.0. The van der Waals surface area contributed by atoms with Gasteiger partial charge in [-0.15, -0.1) is 0 Å². The number of halogens is 3. The van der Waals surface area contributed by atoms with Crippen LogP contribution in [0, 0.1) is 14.8 Å². The third-order valence-corrected chi connectivity index (χ3v) is 10.8. The van der Waals surface area contributed by atoms with Crippen LogP contribution in [0.3, 0.4) is 0 Å². The van der Waals surface area contributed by atoms with Gasteiger partial charge in [0.15, 0.2) is 5.82 Å². The van der Waals surface area contributed by atoms with Crippen LogP contribution in [0.5, 0.6) is 6.01 Å². The number of carbonyl (C=O) groups excluding carboxylic acids is 1. The monoisotopic (exact) mass is 715 g/mol. The Morgan fingerprint density at radius 3 is 2.38 bits per heavy atom. The van der Waals surface area contributed by atoms with E-state index < -0.39 is 5.60 Å². The van der Waals surface area contributed by atoms with Crippen LogP contribution in [0.1, 0.15) is 59.3 Å². The van der Waals surface area contributed by atoms with Gasteiger partial charge in [-0.3, -0.25) is 0 Å². The Morgan fingerprint density at radius 1 is 1.10 bits per heavy atom. The molecule has 0 N–H and O–H groups in total. The summed E-state index contributed by atoms with van der Waals surface area (Å²) in [6.07, 6.45) is 6.17. The normalized spacial score (nSPS) is 22.3. The number of likely N-dealkylation sites (tertiary alicyclic amines) is 2. The zero-order valence-electron chi connectivity index (χ0n) is 22.8. The summed E-state index contributed by atoms with van der Waals surface area (Å²) in [5.74, 6) is 0.349. The smallest absolute Gasteiger partial charge is 0.410 e. The molecule has 0 atom stereocenters. The van der Waals surface area contributed by atoms with E-state index in [2.05, 4.69) is 53.3 Å². The second-order valence-corrected chi connectivity index (χ2v) is 14.6. The van der Waals surface area contributed by atoms with Crippen molar-refractivity contribution in [3.8, 4) is 6.01 Å². The lowest BCUT2D eigenvalue weighted by Crippen LogP contribution is -2.62. The predicted molar refractivity (Wildman–Crippen MR) is 160 cm³/mol. The zero-order valence-corrected chi connectivity index (χ0v) is 26.6. The lowest BCUT2D eigenvalue weighted by atomic mass is 9.72. The Balaban J connectivity index is 1.18. The molecule has 0 radical (unpaired) electrons. The number of ether oxygens (including phenoxy) is 2. The van der Waals surface area contributed by atoms with Crippen LogP contribution in [0.25, 0.3) is 10.9 Å². The summed E-state index contributed by atoms with van der Waals surface area (Å²) in [6.45, 7) is 10.7. The Kier molecular flexibility index (Phi) is 7.40. The van der Waals surface area contributed by atoms with Gasteiger partial charge >= 0.3 is 12.1 Å². The molecule has 3 saturated heterocycles. The SMILES string of the molecule is CC(C)(C)OC(=O)N1CC2(CCN(c3nc(OC4CCN(C5CC5)CC4)nc4c(F)c(Br)c(I)cc34)CC2)C1. The third-order valence-electron chi connectivity index (χ3n) is 8.43.